The van der Waals surface area contributed by atoms with Gasteiger partial charge in [0.05, 0.1) is 0 Å². The van der Waals surface area contributed by atoms with E-state index >= 15 is 0 Å². The van der Waals surface area contributed by atoms with Crippen molar-refractivity contribution >= 4 is 21.8 Å². The molecule has 78 valence electrons. The molecule has 0 unspecified atom stereocenters. The van der Waals surface area contributed by atoms with Gasteiger partial charge in [-0.15, -0.1) is 10.2 Å². The molecule has 1 aromatic carbocycles. The lowest BCUT2D eigenvalue weighted by Gasteiger charge is -1.91. The topological polar surface area (TPSA) is 51.6 Å². The third-order valence-electron chi connectivity index (χ3n) is 2.17. The van der Waals surface area contributed by atoms with Gasteiger partial charge in [-0.3, -0.25) is 0 Å². The standard InChI is InChI=1S/C11H8N4S/c1-7-12-11-9(15-14-7)13-10(16-11)8-5-3-2-4-6-8/h2-6H,1H3. The molecular formula is C11H8N4S. The SMILES string of the molecule is Cc1nnc2nc(-c3ccccc3)sc2n1. The van der Waals surface area contributed by atoms with E-state index in [2.05, 4.69) is 20.2 Å². The van der Waals surface area contributed by atoms with E-state index in [-0.39, 0.29) is 0 Å². The second-order valence-electron chi connectivity index (χ2n) is 3.37. The zero-order chi connectivity index (χ0) is 11.0. The first-order valence-corrected chi connectivity index (χ1v) is 5.68. The van der Waals surface area contributed by atoms with Gasteiger partial charge in [-0.05, 0) is 6.92 Å². The Morgan fingerprint density at radius 1 is 1.00 bits per heavy atom. The molecule has 0 radical (unpaired) electrons. The predicted octanol–water partition coefficient (Wildman–Crippen LogP) is 2.46. The molecule has 0 aliphatic rings. The minimum Gasteiger partial charge on any atom is -0.217 e. The Hall–Kier alpha value is -1.88. The van der Waals surface area contributed by atoms with Gasteiger partial charge in [0.25, 0.3) is 0 Å². The third kappa shape index (κ3) is 1.55. The van der Waals surface area contributed by atoms with Gasteiger partial charge in [-0.1, -0.05) is 41.7 Å². The van der Waals surface area contributed by atoms with Crippen molar-refractivity contribution in [1.29, 1.82) is 0 Å². The molecule has 0 amide bonds. The first-order valence-electron chi connectivity index (χ1n) is 4.86. The van der Waals surface area contributed by atoms with Crippen molar-refractivity contribution in [2.75, 3.05) is 0 Å². The van der Waals surface area contributed by atoms with Crippen molar-refractivity contribution < 1.29 is 0 Å². The summed E-state index contributed by atoms with van der Waals surface area (Å²) >= 11 is 1.54. The Labute approximate surface area is 96.0 Å². The number of rotatable bonds is 1. The van der Waals surface area contributed by atoms with Crippen LogP contribution in [0, 0.1) is 6.92 Å². The van der Waals surface area contributed by atoms with Crippen molar-refractivity contribution in [3.05, 3.63) is 36.2 Å². The van der Waals surface area contributed by atoms with Gasteiger partial charge in [0.15, 0.2) is 4.83 Å². The fraction of sp³-hybridized carbons (Fsp3) is 0.0909. The summed E-state index contributed by atoms with van der Waals surface area (Å²) in [5, 5.41) is 8.84. The molecule has 0 spiro atoms. The Kier molecular flexibility index (Phi) is 2.11. The maximum Gasteiger partial charge on any atom is 0.212 e. The number of fused-ring (bicyclic) bond motifs is 1. The molecule has 0 saturated carbocycles. The summed E-state index contributed by atoms with van der Waals surface area (Å²) in [5.41, 5.74) is 1.71. The smallest absolute Gasteiger partial charge is 0.212 e. The van der Waals surface area contributed by atoms with E-state index in [9.17, 15) is 0 Å². The van der Waals surface area contributed by atoms with Crippen molar-refractivity contribution in [2.45, 2.75) is 6.92 Å². The number of aryl methyl sites for hydroxylation is 1. The maximum atomic E-state index is 4.41. The van der Waals surface area contributed by atoms with Crippen molar-refractivity contribution in [3.63, 3.8) is 0 Å². The molecule has 16 heavy (non-hydrogen) atoms. The van der Waals surface area contributed by atoms with Crippen LogP contribution in [-0.2, 0) is 0 Å². The van der Waals surface area contributed by atoms with E-state index in [4.69, 9.17) is 0 Å². The van der Waals surface area contributed by atoms with Crippen molar-refractivity contribution in [3.8, 4) is 10.6 Å². The summed E-state index contributed by atoms with van der Waals surface area (Å²) in [6.45, 7) is 1.83. The zero-order valence-corrected chi connectivity index (χ0v) is 9.40. The number of benzene rings is 1. The van der Waals surface area contributed by atoms with E-state index in [1.165, 1.54) is 11.3 Å². The van der Waals surface area contributed by atoms with Crippen molar-refractivity contribution in [1.82, 2.24) is 20.2 Å². The van der Waals surface area contributed by atoms with Gasteiger partial charge >= 0.3 is 0 Å². The summed E-state index contributed by atoms with van der Waals surface area (Å²) in [6.07, 6.45) is 0. The van der Waals surface area contributed by atoms with Gasteiger partial charge in [0.2, 0.25) is 5.65 Å². The largest absolute Gasteiger partial charge is 0.217 e. The molecule has 0 bridgehead atoms. The molecule has 0 aliphatic heterocycles. The molecule has 0 aliphatic carbocycles. The first-order chi connectivity index (χ1) is 7.83. The number of nitrogens with zero attached hydrogens (tertiary/aromatic N) is 4. The number of hydrogen-bond donors (Lipinski definition) is 0. The summed E-state index contributed by atoms with van der Waals surface area (Å²) < 4.78 is 0. The highest BCUT2D eigenvalue weighted by molar-refractivity contribution is 7.21. The van der Waals surface area contributed by atoms with E-state index in [1.54, 1.807) is 0 Å². The van der Waals surface area contributed by atoms with Crippen LogP contribution in [0.15, 0.2) is 30.3 Å². The Morgan fingerprint density at radius 3 is 2.62 bits per heavy atom. The normalized spacial score (nSPS) is 10.8. The molecule has 5 heteroatoms. The van der Waals surface area contributed by atoms with E-state index < -0.39 is 0 Å². The van der Waals surface area contributed by atoms with Crippen LogP contribution in [0.4, 0.5) is 0 Å². The average molecular weight is 228 g/mol. The number of aromatic nitrogens is 4. The van der Waals surface area contributed by atoms with E-state index in [0.717, 1.165) is 15.4 Å². The quantitative estimate of drug-likeness (QED) is 0.642. The lowest BCUT2D eigenvalue weighted by atomic mass is 10.2. The summed E-state index contributed by atoms with van der Waals surface area (Å²) in [7, 11) is 0. The Bertz CT molecular complexity index is 633. The highest BCUT2D eigenvalue weighted by Crippen LogP contribution is 2.27. The van der Waals surface area contributed by atoms with Gasteiger partial charge in [0.1, 0.15) is 10.8 Å². The highest BCUT2D eigenvalue weighted by atomic mass is 32.1. The molecule has 2 aromatic heterocycles. The molecule has 0 fully saturated rings. The lowest BCUT2D eigenvalue weighted by molar-refractivity contribution is 0.946. The molecule has 3 rings (SSSR count). The van der Waals surface area contributed by atoms with Crippen molar-refractivity contribution in [2.24, 2.45) is 0 Å². The van der Waals surface area contributed by atoms with Gasteiger partial charge in [0, 0.05) is 5.56 Å². The zero-order valence-electron chi connectivity index (χ0n) is 8.58. The molecule has 0 N–H and O–H groups in total. The fourth-order valence-electron chi connectivity index (χ4n) is 1.44. The van der Waals surface area contributed by atoms with Crippen LogP contribution in [-0.4, -0.2) is 20.2 Å². The van der Waals surface area contributed by atoms with Crippen LogP contribution in [0.2, 0.25) is 0 Å². The molecule has 2 heterocycles. The minimum atomic E-state index is 0.620. The van der Waals surface area contributed by atoms with Crippen LogP contribution in [0.25, 0.3) is 21.0 Å². The lowest BCUT2D eigenvalue weighted by Crippen LogP contribution is -1.90. The van der Waals surface area contributed by atoms with E-state index in [1.807, 2.05) is 37.3 Å². The van der Waals surface area contributed by atoms with Gasteiger partial charge in [-0.25, -0.2) is 9.97 Å². The summed E-state index contributed by atoms with van der Waals surface area (Å²) in [6, 6.07) is 10.0. The average Bonchev–Trinajstić information content (AvgIpc) is 2.73. The monoisotopic (exact) mass is 228 g/mol. The molecule has 0 saturated heterocycles. The van der Waals surface area contributed by atoms with Crippen LogP contribution in [0.1, 0.15) is 5.82 Å². The number of thiazole rings is 1. The highest BCUT2D eigenvalue weighted by Gasteiger charge is 2.08. The van der Waals surface area contributed by atoms with Gasteiger partial charge in [-0.2, -0.15) is 0 Å². The number of hydrogen-bond acceptors (Lipinski definition) is 5. The molecule has 3 aromatic rings. The maximum absolute atomic E-state index is 4.41. The second-order valence-corrected chi connectivity index (χ2v) is 4.35. The van der Waals surface area contributed by atoms with E-state index in [0.29, 0.717) is 11.5 Å². The second kappa shape index (κ2) is 3.61. The minimum absolute atomic E-state index is 0.620. The molecular weight excluding hydrogens is 220 g/mol. The van der Waals surface area contributed by atoms with Crippen LogP contribution < -0.4 is 0 Å². The molecule has 4 nitrogen and oxygen atoms in total. The Balaban J connectivity index is 2.19. The fourth-order valence-corrected chi connectivity index (χ4v) is 2.36. The van der Waals surface area contributed by atoms with Crippen LogP contribution in [0.5, 0.6) is 0 Å². The third-order valence-corrected chi connectivity index (χ3v) is 3.15. The Morgan fingerprint density at radius 2 is 1.81 bits per heavy atom. The summed E-state index contributed by atoms with van der Waals surface area (Å²) in [4.78, 5) is 9.55. The summed E-state index contributed by atoms with van der Waals surface area (Å²) in [5.74, 6) is 0.677. The first kappa shape index (κ1) is 9.35. The van der Waals surface area contributed by atoms with Gasteiger partial charge < -0.3 is 0 Å². The predicted molar refractivity (Wildman–Crippen MR) is 63.2 cm³/mol. The van der Waals surface area contributed by atoms with Crippen LogP contribution >= 0.6 is 11.3 Å². The molecule has 0 atom stereocenters. The van der Waals surface area contributed by atoms with Crippen LogP contribution in [0.3, 0.4) is 0 Å².